The van der Waals surface area contributed by atoms with Gasteiger partial charge in [0.1, 0.15) is 5.57 Å². The summed E-state index contributed by atoms with van der Waals surface area (Å²) in [6.45, 7) is 2.97. The van der Waals surface area contributed by atoms with Gasteiger partial charge in [0.15, 0.2) is 0 Å². The minimum Gasteiger partial charge on any atom is -0.466 e. The van der Waals surface area contributed by atoms with E-state index in [1.165, 1.54) is 6.92 Å². The summed E-state index contributed by atoms with van der Waals surface area (Å²) in [6.07, 6.45) is 0.670. The average Bonchev–Trinajstić information content (AvgIpc) is 2.89. The fraction of sp³-hybridized carbons (Fsp3) is 0.750. The van der Waals surface area contributed by atoms with E-state index in [0.29, 0.717) is 18.8 Å². The first-order valence-corrected chi connectivity index (χ1v) is 10.1. The average molecular weight is 418 g/mol. The minimum absolute atomic E-state index is 0.000928. The van der Waals surface area contributed by atoms with Gasteiger partial charge >= 0.3 is 12.1 Å². The SMILES string of the molecule is CCCN1C(=O)[C@@](NC(=O)CCC2CCCCC2)(C(F)(F)F)C(C(=O)OC)=C1C. The highest BCUT2D eigenvalue weighted by atomic mass is 19.4. The van der Waals surface area contributed by atoms with Gasteiger partial charge in [0.2, 0.25) is 11.4 Å². The lowest BCUT2D eigenvalue weighted by atomic mass is 9.85. The van der Waals surface area contributed by atoms with Gasteiger partial charge in [-0.3, -0.25) is 9.59 Å². The molecule has 0 spiro atoms. The molecule has 0 unspecified atom stereocenters. The summed E-state index contributed by atoms with van der Waals surface area (Å²) in [5.74, 6) is -3.24. The van der Waals surface area contributed by atoms with Crippen LogP contribution in [0, 0.1) is 5.92 Å². The summed E-state index contributed by atoms with van der Waals surface area (Å²) in [5.41, 5.74) is -4.42. The van der Waals surface area contributed by atoms with E-state index in [2.05, 4.69) is 4.74 Å². The molecule has 1 saturated carbocycles. The van der Waals surface area contributed by atoms with Crippen LogP contribution in [0.25, 0.3) is 0 Å². The molecule has 0 bridgehead atoms. The number of amides is 2. The summed E-state index contributed by atoms with van der Waals surface area (Å²) in [5, 5.41) is 1.89. The van der Waals surface area contributed by atoms with Gasteiger partial charge in [0.05, 0.1) is 7.11 Å². The smallest absolute Gasteiger partial charge is 0.425 e. The summed E-state index contributed by atoms with van der Waals surface area (Å²) in [4.78, 5) is 38.6. The van der Waals surface area contributed by atoms with E-state index < -0.39 is 35.1 Å². The molecule has 9 heteroatoms. The van der Waals surface area contributed by atoms with Crippen LogP contribution in [0.5, 0.6) is 0 Å². The number of ether oxygens (including phenoxy) is 1. The second-order valence-electron chi connectivity index (χ2n) is 7.75. The summed E-state index contributed by atoms with van der Waals surface area (Å²) < 4.78 is 47.3. The zero-order valence-electron chi connectivity index (χ0n) is 17.2. The number of allylic oxidation sites excluding steroid dienone is 1. The topological polar surface area (TPSA) is 75.7 Å². The summed E-state index contributed by atoms with van der Waals surface area (Å²) >= 11 is 0. The van der Waals surface area contributed by atoms with Crippen LogP contribution in [-0.4, -0.2) is 48.1 Å². The Kier molecular flexibility index (Phi) is 7.35. The molecule has 0 aromatic rings. The molecule has 2 amide bonds. The lowest BCUT2D eigenvalue weighted by molar-refractivity contribution is -0.196. The van der Waals surface area contributed by atoms with Gasteiger partial charge < -0.3 is 15.0 Å². The summed E-state index contributed by atoms with van der Waals surface area (Å²) in [7, 11) is 0.946. The number of carbonyl (C=O) groups excluding carboxylic acids is 3. The molecule has 0 radical (unpaired) electrons. The molecule has 1 fully saturated rings. The third kappa shape index (κ3) is 4.43. The number of rotatable bonds is 7. The van der Waals surface area contributed by atoms with Crippen molar-refractivity contribution in [2.45, 2.75) is 76.9 Å². The predicted octanol–water partition coefficient (Wildman–Crippen LogP) is 3.46. The number of hydrogen-bond donors (Lipinski definition) is 1. The van der Waals surface area contributed by atoms with E-state index in [0.717, 1.165) is 44.1 Å². The van der Waals surface area contributed by atoms with Crippen molar-refractivity contribution in [3.05, 3.63) is 11.3 Å². The number of alkyl halides is 3. The van der Waals surface area contributed by atoms with Crippen LogP contribution in [-0.2, 0) is 19.1 Å². The fourth-order valence-electron chi connectivity index (χ4n) is 4.30. The number of esters is 1. The van der Waals surface area contributed by atoms with Crippen molar-refractivity contribution in [1.29, 1.82) is 0 Å². The van der Waals surface area contributed by atoms with Gasteiger partial charge in [-0.25, -0.2) is 4.79 Å². The number of hydrogen-bond acceptors (Lipinski definition) is 4. The van der Waals surface area contributed by atoms with Crippen LogP contribution in [0.15, 0.2) is 11.3 Å². The van der Waals surface area contributed by atoms with Gasteiger partial charge in [-0.05, 0) is 25.7 Å². The maximum Gasteiger partial charge on any atom is 0.425 e. The number of methoxy groups -OCH3 is 1. The van der Waals surface area contributed by atoms with Crippen LogP contribution in [0.2, 0.25) is 0 Å². The van der Waals surface area contributed by atoms with E-state index in [9.17, 15) is 27.6 Å². The van der Waals surface area contributed by atoms with Crippen molar-refractivity contribution in [2.24, 2.45) is 5.92 Å². The van der Waals surface area contributed by atoms with Crippen molar-refractivity contribution >= 4 is 17.8 Å². The quantitative estimate of drug-likeness (QED) is 0.643. The largest absolute Gasteiger partial charge is 0.466 e. The Bertz CT molecular complexity index is 684. The molecule has 164 valence electrons. The molecule has 1 atom stereocenters. The third-order valence-electron chi connectivity index (χ3n) is 5.80. The molecule has 6 nitrogen and oxygen atoms in total. The molecule has 1 N–H and O–H groups in total. The maximum atomic E-state index is 14.3. The predicted molar refractivity (Wildman–Crippen MR) is 99.5 cm³/mol. The molecule has 1 aliphatic heterocycles. The lowest BCUT2D eigenvalue weighted by Gasteiger charge is -2.33. The monoisotopic (exact) mass is 418 g/mol. The number of nitrogens with one attached hydrogen (secondary N) is 1. The van der Waals surface area contributed by atoms with Crippen LogP contribution in [0.1, 0.15) is 65.2 Å². The molecule has 1 heterocycles. The van der Waals surface area contributed by atoms with Crippen LogP contribution in [0.4, 0.5) is 13.2 Å². The van der Waals surface area contributed by atoms with Gasteiger partial charge in [-0.1, -0.05) is 39.0 Å². The Morgan fingerprint density at radius 1 is 1.24 bits per heavy atom. The zero-order chi connectivity index (χ0) is 21.8. The second-order valence-corrected chi connectivity index (χ2v) is 7.75. The van der Waals surface area contributed by atoms with Crippen molar-refractivity contribution in [3.8, 4) is 0 Å². The molecule has 0 aromatic heterocycles. The maximum absolute atomic E-state index is 14.3. The lowest BCUT2D eigenvalue weighted by Crippen LogP contribution is -2.66. The Morgan fingerprint density at radius 2 is 1.86 bits per heavy atom. The van der Waals surface area contributed by atoms with Gasteiger partial charge in [-0.2, -0.15) is 13.2 Å². The van der Waals surface area contributed by atoms with E-state index >= 15 is 0 Å². The first kappa shape index (κ1) is 23.2. The highest BCUT2D eigenvalue weighted by Crippen LogP contribution is 2.45. The van der Waals surface area contributed by atoms with Crippen LogP contribution in [0.3, 0.4) is 0 Å². The Labute approximate surface area is 168 Å². The molecule has 0 saturated heterocycles. The Hall–Kier alpha value is -2.06. The van der Waals surface area contributed by atoms with Crippen molar-refractivity contribution in [2.75, 3.05) is 13.7 Å². The number of carbonyl (C=O) groups is 3. The van der Waals surface area contributed by atoms with E-state index in [-0.39, 0.29) is 18.7 Å². The molecule has 29 heavy (non-hydrogen) atoms. The normalized spacial score (nSPS) is 23.5. The first-order valence-electron chi connectivity index (χ1n) is 10.1. The summed E-state index contributed by atoms with van der Waals surface area (Å²) in [6, 6.07) is 0. The Morgan fingerprint density at radius 3 is 2.38 bits per heavy atom. The zero-order valence-corrected chi connectivity index (χ0v) is 17.2. The van der Waals surface area contributed by atoms with Gasteiger partial charge in [0, 0.05) is 18.7 Å². The standard InChI is InChI=1S/C20H29F3N2O4/c1-4-12-25-13(2)16(17(27)29-3)19(18(25)28,20(21,22)23)24-15(26)11-10-14-8-6-5-7-9-14/h14H,4-12H2,1-3H3,(H,24,26)/t19-/m1/s1. The molecule has 0 aromatic carbocycles. The molecule has 2 rings (SSSR count). The van der Waals surface area contributed by atoms with E-state index in [1.807, 2.05) is 5.32 Å². The van der Waals surface area contributed by atoms with Crippen LogP contribution >= 0.6 is 0 Å². The fourth-order valence-corrected chi connectivity index (χ4v) is 4.30. The molecule has 2 aliphatic rings. The van der Waals surface area contributed by atoms with Crippen LogP contribution < -0.4 is 5.32 Å². The van der Waals surface area contributed by atoms with Gasteiger partial charge in [0.25, 0.3) is 5.91 Å². The highest BCUT2D eigenvalue weighted by molar-refractivity contribution is 6.10. The Balaban J connectivity index is 2.34. The minimum atomic E-state index is -5.20. The van der Waals surface area contributed by atoms with Crippen molar-refractivity contribution < 1.29 is 32.3 Å². The van der Waals surface area contributed by atoms with Crippen molar-refractivity contribution in [1.82, 2.24) is 10.2 Å². The van der Waals surface area contributed by atoms with Crippen molar-refractivity contribution in [3.63, 3.8) is 0 Å². The highest BCUT2D eigenvalue weighted by Gasteiger charge is 2.70. The number of halogens is 3. The second kappa shape index (κ2) is 9.17. The third-order valence-corrected chi connectivity index (χ3v) is 5.80. The van der Waals surface area contributed by atoms with Gasteiger partial charge in [-0.15, -0.1) is 0 Å². The first-order chi connectivity index (χ1) is 13.6. The number of nitrogens with zero attached hydrogens (tertiary/aromatic N) is 1. The molecular formula is C20H29F3N2O4. The van der Waals surface area contributed by atoms with E-state index in [1.54, 1.807) is 6.92 Å². The molecule has 1 aliphatic carbocycles. The van der Waals surface area contributed by atoms with E-state index in [4.69, 9.17) is 0 Å². The molecular weight excluding hydrogens is 389 g/mol.